The molecule has 2 aliphatic heterocycles. The number of benzene rings is 1. The summed E-state index contributed by atoms with van der Waals surface area (Å²) in [6, 6.07) is 9.18. The molecule has 1 fully saturated rings. The fourth-order valence-electron chi connectivity index (χ4n) is 3.84. The topological polar surface area (TPSA) is 53.5 Å². The van der Waals surface area contributed by atoms with Crippen LogP contribution in [0.4, 0.5) is 11.8 Å². The molecule has 6 nitrogen and oxygen atoms in total. The SMILES string of the molecule is Cc1ccc(CN2CCc3nc(N4CCOCC4)nc(NC(C)C)c3C2)cc1. The van der Waals surface area contributed by atoms with Crippen molar-refractivity contribution >= 4 is 11.8 Å². The van der Waals surface area contributed by atoms with Gasteiger partial charge >= 0.3 is 0 Å². The van der Waals surface area contributed by atoms with Gasteiger partial charge in [-0.05, 0) is 26.3 Å². The van der Waals surface area contributed by atoms with E-state index in [2.05, 4.69) is 60.2 Å². The van der Waals surface area contributed by atoms with E-state index < -0.39 is 0 Å². The van der Waals surface area contributed by atoms with Crippen LogP contribution in [0, 0.1) is 6.92 Å². The van der Waals surface area contributed by atoms with E-state index in [1.54, 1.807) is 0 Å². The quantitative estimate of drug-likeness (QED) is 0.859. The molecule has 3 heterocycles. The molecule has 0 amide bonds. The van der Waals surface area contributed by atoms with Gasteiger partial charge in [0.25, 0.3) is 0 Å². The van der Waals surface area contributed by atoms with Gasteiger partial charge in [-0.1, -0.05) is 29.8 Å². The van der Waals surface area contributed by atoms with Crippen molar-refractivity contribution in [3.05, 3.63) is 46.6 Å². The molecule has 0 radical (unpaired) electrons. The number of aromatic nitrogens is 2. The number of nitrogens with zero attached hydrogens (tertiary/aromatic N) is 4. The summed E-state index contributed by atoms with van der Waals surface area (Å²) in [4.78, 5) is 14.6. The Morgan fingerprint density at radius 1 is 1.07 bits per heavy atom. The van der Waals surface area contributed by atoms with E-state index in [1.165, 1.54) is 22.4 Å². The fourth-order valence-corrected chi connectivity index (χ4v) is 3.84. The number of morpholine rings is 1. The number of ether oxygens (including phenoxy) is 1. The summed E-state index contributed by atoms with van der Waals surface area (Å²) in [6.45, 7) is 12.6. The minimum absolute atomic E-state index is 0.337. The molecule has 1 aromatic carbocycles. The molecule has 0 atom stereocenters. The van der Waals surface area contributed by atoms with Crippen molar-refractivity contribution in [3.63, 3.8) is 0 Å². The summed E-state index contributed by atoms with van der Waals surface area (Å²) in [5.74, 6) is 1.84. The van der Waals surface area contributed by atoms with Crippen molar-refractivity contribution in [2.75, 3.05) is 43.1 Å². The van der Waals surface area contributed by atoms with Crippen LogP contribution in [0.15, 0.2) is 24.3 Å². The van der Waals surface area contributed by atoms with E-state index in [-0.39, 0.29) is 0 Å². The summed E-state index contributed by atoms with van der Waals surface area (Å²) < 4.78 is 5.49. The lowest BCUT2D eigenvalue weighted by Gasteiger charge is -2.32. The van der Waals surface area contributed by atoms with Gasteiger partial charge in [0, 0.05) is 50.7 Å². The second kappa shape index (κ2) is 8.45. The van der Waals surface area contributed by atoms with E-state index >= 15 is 0 Å². The van der Waals surface area contributed by atoms with Crippen LogP contribution < -0.4 is 10.2 Å². The van der Waals surface area contributed by atoms with Gasteiger partial charge < -0.3 is 15.0 Å². The molecule has 1 aromatic heterocycles. The highest BCUT2D eigenvalue weighted by atomic mass is 16.5. The van der Waals surface area contributed by atoms with Crippen molar-refractivity contribution in [3.8, 4) is 0 Å². The van der Waals surface area contributed by atoms with Crippen LogP contribution in [0.1, 0.15) is 36.2 Å². The Hall–Kier alpha value is -2.18. The Morgan fingerprint density at radius 3 is 2.54 bits per heavy atom. The molecule has 1 N–H and O–H groups in total. The molecular weight excluding hydrogens is 350 g/mol. The molecule has 0 spiro atoms. The van der Waals surface area contributed by atoms with E-state index in [4.69, 9.17) is 14.7 Å². The van der Waals surface area contributed by atoms with Gasteiger partial charge in [-0.15, -0.1) is 0 Å². The molecule has 0 saturated carbocycles. The van der Waals surface area contributed by atoms with Gasteiger partial charge in [0.05, 0.1) is 18.9 Å². The summed E-state index contributed by atoms with van der Waals surface area (Å²) in [7, 11) is 0. The molecule has 0 bridgehead atoms. The second-order valence-electron chi connectivity index (χ2n) is 8.14. The Bertz CT molecular complexity index is 799. The van der Waals surface area contributed by atoms with Crippen LogP contribution >= 0.6 is 0 Å². The maximum Gasteiger partial charge on any atom is 0.227 e. The summed E-state index contributed by atoms with van der Waals surface area (Å²) in [6.07, 6.45) is 0.966. The predicted molar refractivity (Wildman–Crippen MR) is 113 cm³/mol. The third kappa shape index (κ3) is 4.45. The van der Waals surface area contributed by atoms with Crippen LogP contribution in [-0.2, 0) is 24.2 Å². The Balaban J connectivity index is 1.57. The number of aryl methyl sites for hydroxylation is 1. The van der Waals surface area contributed by atoms with E-state index in [1.807, 2.05) is 0 Å². The first-order valence-electron chi connectivity index (χ1n) is 10.4. The maximum absolute atomic E-state index is 5.49. The van der Waals surface area contributed by atoms with Gasteiger partial charge in [-0.2, -0.15) is 4.98 Å². The average molecular weight is 382 g/mol. The molecular formula is C22H31N5O. The van der Waals surface area contributed by atoms with Crippen LogP contribution in [0.25, 0.3) is 0 Å². The number of fused-ring (bicyclic) bond motifs is 1. The highest BCUT2D eigenvalue weighted by molar-refractivity contribution is 5.53. The monoisotopic (exact) mass is 381 g/mol. The molecule has 6 heteroatoms. The van der Waals surface area contributed by atoms with Crippen molar-refractivity contribution in [1.29, 1.82) is 0 Å². The molecule has 1 saturated heterocycles. The predicted octanol–water partition coefficient (Wildman–Crippen LogP) is 3.00. The molecule has 2 aromatic rings. The lowest BCUT2D eigenvalue weighted by molar-refractivity contribution is 0.122. The number of anilines is 2. The fraction of sp³-hybridized carbons (Fsp3) is 0.545. The lowest BCUT2D eigenvalue weighted by Crippen LogP contribution is -2.38. The van der Waals surface area contributed by atoms with E-state index in [9.17, 15) is 0 Å². The van der Waals surface area contributed by atoms with E-state index in [0.29, 0.717) is 6.04 Å². The number of hydrogen-bond acceptors (Lipinski definition) is 6. The smallest absolute Gasteiger partial charge is 0.227 e. The van der Waals surface area contributed by atoms with Gasteiger partial charge in [0.1, 0.15) is 5.82 Å². The van der Waals surface area contributed by atoms with Crippen molar-refractivity contribution in [2.45, 2.75) is 46.3 Å². The Morgan fingerprint density at radius 2 is 1.82 bits per heavy atom. The third-order valence-corrected chi connectivity index (χ3v) is 5.37. The molecule has 4 rings (SSSR count). The highest BCUT2D eigenvalue weighted by Crippen LogP contribution is 2.28. The number of hydrogen-bond donors (Lipinski definition) is 1. The summed E-state index contributed by atoms with van der Waals surface area (Å²) in [5, 5.41) is 3.57. The van der Waals surface area contributed by atoms with Crippen LogP contribution in [0.3, 0.4) is 0 Å². The summed E-state index contributed by atoms with van der Waals surface area (Å²) in [5.41, 5.74) is 5.11. The molecule has 28 heavy (non-hydrogen) atoms. The number of nitrogens with one attached hydrogen (secondary N) is 1. The molecule has 0 unspecified atom stereocenters. The highest BCUT2D eigenvalue weighted by Gasteiger charge is 2.25. The zero-order valence-electron chi connectivity index (χ0n) is 17.2. The summed E-state index contributed by atoms with van der Waals surface area (Å²) >= 11 is 0. The van der Waals surface area contributed by atoms with Crippen LogP contribution in [0.5, 0.6) is 0 Å². The zero-order valence-corrected chi connectivity index (χ0v) is 17.2. The van der Waals surface area contributed by atoms with Gasteiger partial charge in [0.15, 0.2) is 0 Å². The van der Waals surface area contributed by atoms with Crippen molar-refractivity contribution in [1.82, 2.24) is 14.9 Å². The number of rotatable bonds is 5. The van der Waals surface area contributed by atoms with Crippen molar-refractivity contribution < 1.29 is 4.74 Å². The first-order chi connectivity index (χ1) is 13.6. The van der Waals surface area contributed by atoms with Crippen LogP contribution in [-0.4, -0.2) is 53.8 Å². The maximum atomic E-state index is 5.49. The normalized spacial score (nSPS) is 17.6. The first-order valence-corrected chi connectivity index (χ1v) is 10.4. The van der Waals surface area contributed by atoms with E-state index in [0.717, 1.165) is 64.1 Å². The third-order valence-electron chi connectivity index (χ3n) is 5.37. The Labute approximate surface area is 167 Å². The molecule has 0 aliphatic carbocycles. The average Bonchev–Trinajstić information content (AvgIpc) is 2.70. The Kier molecular flexibility index (Phi) is 5.78. The molecule has 150 valence electrons. The first kappa shape index (κ1) is 19.2. The second-order valence-corrected chi connectivity index (χ2v) is 8.14. The standard InChI is InChI=1S/C22H31N5O/c1-16(2)23-21-19-15-26(14-18-6-4-17(3)5-7-18)9-8-20(19)24-22(25-21)27-10-12-28-13-11-27/h4-7,16H,8-15H2,1-3H3,(H,23,24,25). The van der Waals surface area contributed by atoms with Crippen molar-refractivity contribution in [2.24, 2.45) is 0 Å². The lowest BCUT2D eigenvalue weighted by atomic mass is 10.0. The zero-order chi connectivity index (χ0) is 19.5. The van der Waals surface area contributed by atoms with Crippen LogP contribution in [0.2, 0.25) is 0 Å². The van der Waals surface area contributed by atoms with Gasteiger partial charge in [-0.25, -0.2) is 4.98 Å². The minimum Gasteiger partial charge on any atom is -0.378 e. The largest absolute Gasteiger partial charge is 0.378 e. The van der Waals surface area contributed by atoms with Gasteiger partial charge in [0.2, 0.25) is 5.95 Å². The van der Waals surface area contributed by atoms with Gasteiger partial charge in [-0.3, -0.25) is 4.90 Å². The minimum atomic E-state index is 0.337. The molecule has 2 aliphatic rings.